The molecule has 0 atom stereocenters. The van der Waals surface area contributed by atoms with Gasteiger partial charge in [-0.25, -0.2) is 0 Å². The highest BCUT2D eigenvalue weighted by atomic mass is 79.9. The first-order valence-electron chi connectivity index (χ1n) is 6.12. The predicted octanol–water partition coefficient (Wildman–Crippen LogP) is 5.31. The fourth-order valence-corrected chi connectivity index (χ4v) is 2.34. The van der Waals surface area contributed by atoms with Gasteiger partial charge >= 0.3 is 0 Å². The largest absolute Gasteiger partial charge is 0.473 e. The van der Waals surface area contributed by atoms with E-state index in [1.165, 1.54) is 0 Å². The number of pyridine rings is 1. The lowest BCUT2D eigenvalue weighted by Crippen LogP contribution is -2.09. The zero-order valence-corrected chi connectivity index (χ0v) is 14.5. The van der Waals surface area contributed by atoms with Gasteiger partial charge in [0.25, 0.3) is 0 Å². The van der Waals surface area contributed by atoms with Crippen molar-refractivity contribution >= 4 is 44.8 Å². The van der Waals surface area contributed by atoms with Gasteiger partial charge in [-0.15, -0.1) is 0 Å². The average Bonchev–Trinajstić information content (AvgIpc) is 2.39. The molecule has 0 radical (unpaired) electrons. The fraction of sp³-hybridized carbons (Fsp3) is 0.214. The molecule has 4 nitrogen and oxygen atoms in total. The zero-order valence-electron chi connectivity index (χ0n) is 11.4. The molecule has 2 N–H and O–H groups in total. The molecule has 0 aliphatic rings. The smallest absolute Gasteiger partial charge is 0.240 e. The van der Waals surface area contributed by atoms with E-state index in [1.54, 1.807) is 24.3 Å². The van der Waals surface area contributed by atoms with Gasteiger partial charge in [0.05, 0.1) is 21.8 Å². The van der Waals surface area contributed by atoms with Crippen molar-refractivity contribution in [3.05, 3.63) is 38.8 Å². The van der Waals surface area contributed by atoms with Gasteiger partial charge in [0.15, 0.2) is 0 Å². The van der Waals surface area contributed by atoms with E-state index in [1.807, 2.05) is 13.8 Å². The number of aromatic nitrogens is 1. The number of benzene rings is 1. The van der Waals surface area contributed by atoms with Crippen LogP contribution in [0.2, 0.25) is 10.0 Å². The third-order valence-electron chi connectivity index (χ3n) is 2.40. The van der Waals surface area contributed by atoms with Crippen LogP contribution in [0.25, 0.3) is 0 Å². The van der Waals surface area contributed by atoms with Crippen molar-refractivity contribution in [1.29, 1.82) is 0 Å². The lowest BCUT2D eigenvalue weighted by atomic mass is 10.3. The van der Waals surface area contributed by atoms with Gasteiger partial charge in [0, 0.05) is 16.6 Å². The van der Waals surface area contributed by atoms with Gasteiger partial charge in [0.1, 0.15) is 5.75 Å². The maximum Gasteiger partial charge on any atom is 0.240 e. The number of nitrogens with zero attached hydrogens (tertiary/aromatic N) is 1. The molecule has 2 aromatic rings. The number of hydrogen-bond acceptors (Lipinski definition) is 4. The Hall–Kier alpha value is -1.17. The third-order valence-corrected chi connectivity index (χ3v) is 3.89. The SMILES string of the molecule is CC(C)Oc1nc(Oc2cc(Cl)c(Br)cc2Cl)ccc1N. The van der Waals surface area contributed by atoms with Crippen molar-refractivity contribution in [2.75, 3.05) is 5.73 Å². The first-order chi connectivity index (χ1) is 9.86. The van der Waals surface area contributed by atoms with E-state index in [9.17, 15) is 0 Å². The number of nitrogens with two attached hydrogens (primary N) is 1. The molecular formula is C14H13BrCl2N2O2. The molecule has 0 spiro atoms. The Labute approximate surface area is 141 Å². The Kier molecular flexibility index (Phi) is 5.19. The van der Waals surface area contributed by atoms with E-state index in [0.717, 1.165) is 0 Å². The molecule has 0 unspecified atom stereocenters. The number of hydrogen-bond donors (Lipinski definition) is 1. The summed E-state index contributed by atoms with van der Waals surface area (Å²) in [5.74, 6) is 1.04. The maximum absolute atomic E-state index is 6.11. The molecule has 1 aromatic heterocycles. The summed E-state index contributed by atoms with van der Waals surface area (Å²) >= 11 is 15.4. The molecule has 2 rings (SSSR count). The molecule has 7 heteroatoms. The lowest BCUT2D eigenvalue weighted by molar-refractivity contribution is 0.232. The Bertz CT molecular complexity index is 666. The quantitative estimate of drug-likeness (QED) is 0.717. The monoisotopic (exact) mass is 390 g/mol. The second-order valence-electron chi connectivity index (χ2n) is 4.51. The van der Waals surface area contributed by atoms with E-state index >= 15 is 0 Å². The molecule has 1 aromatic carbocycles. The van der Waals surface area contributed by atoms with Crippen LogP contribution in [0.15, 0.2) is 28.7 Å². The number of nitrogen functional groups attached to an aromatic ring is 1. The van der Waals surface area contributed by atoms with Crippen molar-refractivity contribution in [2.24, 2.45) is 0 Å². The summed E-state index contributed by atoms with van der Waals surface area (Å²) in [6.45, 7) is 3.78. The molecule has 0 aliphatic heterocycles. The van der Waals surface area contributed by atoms with E-state index in [0.29, 0.717) is 37.7 Å². The summed E-state index contributed by atoms with van der Waals surface area (Å²) < 4.78 is 11.8. The molecule has 1 heterocycles. The summed E-state index contributed by atoms with van der Waals surface area (Å²) in [4.78, 5) is 4.22. The number of rotatable bonds is 4. The third kappa shape index (κ3) is 4.15. The summed E-state index contributed by atoms with van der Waals surface area (Å²) in [5, 5.41) is 0.903. The Morgan fingerprint density at radius 2 is 1.90 bits per heavy atom. The summed E-state index contributed by atoms with van der Waals surface area (Å²) in [6, 6.07) is 6.56. The minimum atomic E-state index is -0.0410. The second-order valence-corrected chi connectivity index (χ2v) is 6.18. The van der Waals surface area contributed by atoms with Crippen LogP contribution in [0.3, 0.4) is 0 Å². The van der Waals surface area contributed by atoms with Crippen molar-refractivity contribution in [2.45, 2.75) is 20.0 Å². The highest BCUT2D eigenvalue weighted by Gasteiger charge is 2.11. The lowest BCUT2D eigenvalue weighted by Gasteiger charge is -2.13. The van der Waals surface area contributed by atoms with E-state index < -0.39 is 0 Å². The van der Waals surface area contributed by atoms with Gasteiger partial charge in [-0.2, -0.15) is 4.98 Å². The molecular weight excluding hydrogens is 379 g/mol. The molecule has 0 bridgehead atoms. The minimum absolute atomic E-state index is 0.0410. The minimum Gasteiger partial charge on any atom is -0.473 e. The highest BCUT2D eigenvalue weighted by Crippen LogP contribution is 2.36. The standard InChI is InChI=1S/C14H13BrCl2N2O2/c1-7(2)20-14-11(18)3-4-13(19-14)21-12-6-9(16)8(15)5-10(12)17/h3-7H,18H2,1-2H3. The van der Waals surface area contributed by atoms with Crippen molar-refractivity contribution < 1.29 is 9.47 Å². The van der Waals surface area contributed by atoms with Gasteiger partial charge in [-0.3, -0.25) is 0 Å². The van der Waals surface area contributed by atoms with Gasteiger partial charge in [-0.1, -0.05) is 23.2 Å². The van der Waals surface area contributed by atoms with Gasteiger partial charge < -0.3 is 15.2 Å². The predicted molar refractivity (Wildman–Crippen MR) is 88.6 cm³/mol. The van der Waals surface area contributed by atoms with E-state index in [-0.39, 0.29) is 6.10 Å². The molecule has 0 saturated carbocycles. The van der Waals surface area contributed by atoms with Crippen LogP contribution in [-0.4, -0.2) is 11.1 Å². The molecule has 21 heavy (non-hydrogen) atoms. The maximum atomic E-state index is 6.11. The first-order valence-corrected chi connectivity index (χ1v) is 7.67. The number of halogens is 3. The molecule has 0 fully saturated rings. The summed E-state index contributed by atoms with van der Waals surface area (Å²) in [7, 11) is 0. The second kappa shape index (κ2) is 6.73. The first kappa shape index (κ1) is 16.2. The normalized spacial score (nSPS) is 10.8. The number of ether oxygens (including phenoxy) is 2. The Morgan fingerprint density at radius 1 is 1.19 bits per heavy atom. The average molecular weight is 392 g/mol. The van der Waals surface area contributed by atoms with Crippen LogP contribution in [0.1, 0.15) is 13.8 Å². The van der Waals surface area contributed by atoms with Crippen molar-refractivity contribution in [1.82, 2.24) is 4.98 Å². The van der Waals surface area contributed by atoms with Crippen LogP contribution in [0.5, 0.6) is 17.5 Å². The van der Waals surface area contributed by atoms with E-state index in [4.69, 9.17) is 38.4 Å². The van der Waals surface area contributed by atoms with Crippen LogP contribution in [-0.2, 0) is 0 Å². The Morgan fingerprint density at radius 3 is 2.57 bits per heavy atom. The summed E-state index contributed by atoms with van der Waals surface area (Å²) in [5.41, 5.74) is 6.25. The fourth-order valence-electron chi connectivity index (χ4n) is 1.50. The van der Waals surface area contributed by atoms with Crippen molar-refractivity contribution in [3.8, 4) is 17.5 Å². The summed E-state index contributed by atoms with van der Waals surface area (Å²) in [6.07, 6.45) is -0.0410. The topological polar surface area (TPSA) is 57.4 Å². The van der Waals surface area contributed by atoms with E-state index in [2.05, 4.69) is 20.9 Å². The number of anilines is 1. The van der Waals surface area contributed by atoms with Gasteiger partial charge in [-0.05, 0) is 41.9 Å². The molecule has 0 amide bonds. The van der Waals surface area contributed by atoms with Crippen molar-refractivity contribution in [3.63, 3.8) is 0 Å². The molecule has 0 saturated heterocycles. The van der Waals surface area contributed by atoms with Gasteiger partial charge in [0.2, 0.25) is 11.8 Å². The zero-order chi connectivity index (χ0) is 15.6. The molecule has 0 aliphatic carbocycles. The van der Waals surface area contributed by atoms with Crippen LogP contribution in [0, 0.1) is 0 Å². The highest BCUT2D eigenvalue weighted by molar-refractivity contribution is 9.10. The Balaban J connectivity index is 2.30. The van der Waals surface area contributed by atoms with Crippen LogP contribution >= 0.6 is 39.1 Å². The molecule has 112 valence electrons. The van der Waals surface area contributed by atoms with Crippen LogP contribution in [0.4, 0.5) is 5.69 Å². The van der Waals surface area contributed by atoms with Crippen LogP contribution < -0.4 is 15.2 Å².